The molecule has 0 heterocycles. The van der Waals surface area contributed by atoms with Crippen molar-refractivity contribution >= 4 is 0 Å². The van der Waals surface area contributed by atoms with E-state index in [2.05, 4.69) is 26.8 Å². The molecule has 25 heavy (non-hydrogen) atoms. The lowest BCUT2D eigenvalue weighted by Crippen LogP contribution is -2.55. The minimum Gasteiger partial charge on any atom is -0.198 e. The van der Waals surface area contributed by atoms with Gasteiger partial charge in [-0.3, -0.25) is 0 Å². The molecular weight excluding hydrogens is 302 g/mol. The Morgan fingerprint density at radius 2 is 1.72 bits per heavy atom. The van der Waals surface area contributed by atoms with E-state index in [1.807, 2.05) is 0 Å². The van der Waals surface area contributed by atoms with E-state index in [-0.39, 0.29) is 0 Å². The molecule has 0 saturated heterocycles. The van der Waals surface area contributed by atoms with Crippen LogP contribution < -0.4 is 0 Å². The predicted octanol–water partition coefficient (Wildman–Crippen LogP) is 6.98. The van der Waals surface area contributed by atoms with Gasteiger partial charge in [0.1, 0.15) is 0 Å². The lowest BCUT2D eigenvalue weighted by molar-refractivity contribution is -0.135. The zero-order valence-corrected chi connectivity index (χ0v) is 16.9. The van der Waals surface area contributed by atoms with E-state index in [4.69, 9.17) is 5.26 Å². The summed E-state index contributed by atoms with van der Waals surface area (Å²) in [6, 6.07) is 2.42. The van der Waals surface area contributed by atoms with Crippen LogP contribution in [0.2, 0.25) is 0 Å². The number of hydrogen-bond acceptors (Lipinski definition) is 1. The fraction of sp³-hybridized carbons (Fsp3) is 0.958. The topological polar surface area (TPSA) is 23.8 Å². The van der Waals surface area contributed by atoms with Crippen LogP contribution in [0, 0.1) is 57.7 Å². The maximum atomic E-state index is 9.07. The quantitative estimate of drug-likeness (QED) is 0.543. The zero-order valence-electron chi connectivity index (χ0n) is 16.9. The van der Waals surface area contributed by atoms with Gasteiger partial charge in [0, 0.05) is 6.42 Å². The van der Waals surface area contributed by atoms with Crippen molar-refractivity contribution in [3.05, 3.63) is 0 Å². The van der Waals surface area contributed by atoms with Crippen molar-refractivity contribution < 1.29 is 0 Å². The van der Waals surface area contributed by atoms with Gasteiger partial charge in [-0.1, -0.05) is 40.0 Å². The molecule has 1 heteroatoms. The second-order valence-electron chi connectivity index (χ2n) is 10.7. The number of hydrogen-bond donors (Lipinski definition) is 0. The summed E-state index contributed by atoms with van der Waals surface area (Å²) in [6.45, 7) is 7.80. The Labute approximate surface area is 156 Å². The summed E-state index contributed by atoms with van der Waals surface area (Å²) in [5.74, 6) is 5.81. The highest BCUT2D eigenvalue weighted by atomic mass is 14.7. The van der Waals surface area contributed by atoms with Crippen LogP contribution in [0.15, 0.2) is 0 Å². The molecule has 6 unspecified atom stereocenters. The van der Waals surface area contributed by atoms with Crippen LogP contribution in [0.4, 0.5) is 0 Å². The second kappa shape index (κ2) is 6.58. The molecule has 4 fully saturated rings. The highest BCUT2D eigenvalue weighted by molar-refractivity contribution is 5.10. The first-order valence-corrected chi connectivity index (χ1v) is 11.4. The third-order valence-electron chi connectivity index (χ3n) is 10.1. The van der Waals surface area contributed by atoms with Crippen molar-refractivity contribution in [1.29, 1.82) is 5.26 Å². The summed E-state index contributed by atoms with van der Waals surface area (Å²) in [5.41, 5.74) is 1.20. The van der Waals surface area contributed by atoms with Crippen molar-refractivity contribution in [1.82, 2.24) is 0 Å². The van der Waals surface area contributed by atoms with Crippen LogP contribution in [0.3, 0.4) is 0 Å². The Bertz CT molecular complexity index is 533. The average Bonchev–Trinajstić information content (AvgIpc) is 2.95. The number of nitrogens with zero attached hydrogens (tertiary/aromatic N) is 1. The monoisotopic (exact) mass is 341 g/mol. The maximum absolute atomic E-state index is 9.07. The number of rotatable bonds is 3. The smallest absolute Gasteiger partial charge is 0.0621 e. The van der Waals surface area contributed by atoms with Crippen molar-refractivity contribution in [2.45, 2.75) is 97.8 Å². The lowest BCUT2D eigenvalue weighted by atomic mass is 9.42. The molecule has 4 aliphatic carbocycles. The Kier molecular flexibility index (Phi) is 4.71. The third-order valence-corrected chi connectivity index (χ3v) is 10.1. The zero-order chi connectivity index (χ0) is 17.7. The van der Waals surface area contributed by atoms with Crippen LogP contribution in [0.5, 0.6) is 0 Å². The van der Waals surface area contributed by atoms with E-state index in [1.54, 1.807) is 0 Å². The van der Waals surface area contributed by atoms with E-state index < -0.39 is 0 Å². The van der Waals surface area contributed by atoms with E-state index in [1.165, 1.54) is 64.2 Å². The second-order valence-corrected chi connectivity index (χ2v) is 10.7. The van der Waals surface area contributed by atoms with Crippen LogP contribution >= 0.6 is 0 Å². The van der Waals surface area contributed by atoms with Gasteiger partial charge in [0.25, 0.3) is 0 Å². The molecular formula is C24H39N. The summed E-state index contributed by atoms with van der Waals surface area (Å²) in [6.07, 6.45) is 16.7. The molecule has 0 N–H and O–H groups in total. The van der Waals surface area contributed by atoms with E-state index >= 15 is 0 Å². The fourth-order valence-electron chi connectivity index (χ4n) is 8.84. The minimum atomic E-state index is 0.550. The molecule has 0 radical (unpaired) electrons. The largest absolute Gasteiger partial charge is 0.198 e. The van der Waals surface area contributed by atoms with Gasteiger partial charge < -0.3 is 0 Å². The first-order valence-electron chi connectivity index (χ1n) is 11.4. The Morgan fingerprint density at radius 1 is 0.920 bits per heavy atom. The molecule has 4 rings (SSSR count). The van der Waals surface area contributed by atoms with Gasteiger partial charge in [-0.15, -0.1) is 0 Å². The van der Waals surface area contributed by atoms with Gasteiger partial charge in [-0.25, -0.2) is 0 Å². The molecule has 4 saturated carbocycles. The third kappa shape index (κ3) is 2.61. The van der Waals surface area contributed by atoms with Gasteiger partial charge in [0.15, 0.2) is 0 Å². The molecule has 0 aromatic rings. The average molecular weight is 342 g/mol. The summed E-state index contributed by atoms with van der Waals surface area (Å²) >= 11 is 0. The molecule has 0 bridgehead atoms. The standard InChI is InChI=1S/C24H39N/c1-4-17-16-19-21-11-10-18(8-7-15-25)23(21,2)14-12-22(19)24(3)13-6-5-9-20(17)24/h17-22H,4-14,16H2,1-3H3/t17-,18?,19?,20?,21?,22-,23?,24?/m0/s1. The highest BCUT2D eigenvalue weighted by Gasteiger charge is 2.60. The fourth-order valence-corrected chi connectivity index (χ4v) is 8.84. The highest BCUT2D eigenvalue weighted by Crippen LogP contribution is 2.69. The normalized spacial score (nSPS) is 51.9. The summed E-state index contributed by atoms with van der Waals surface area (Å²) in [5, 5.41) is 9.07. The van der Waals surface area contributed by atoms with Crippen LogP contribution in [0.25, 0.3) is 0 Å². The molecule has 8 atom stereocenters. The Balaban J connectivity index is 1.61. The Hall–Kier alpha value is -0.510. The SMILES string of the molecule is CC[C@H]1CC2C3CCC(CCC#N)C3(C)CC[C@@H]2C2(C)CCCCC12. The van der Waals surface area contributed by atoms with E-state index in [0.29, 0.717) is 10.8 Å². The molecule has 0 amide bonds. The van der Waals surface area contributed by atoms with Crippen molar-refractivity contribution in [2.75, 3.05) is 0 Å². The van der Waals surface area contributed by atoms with Gasteiger partial charge in [0.2, 0.25) is 0 Å². The van der Waals surface area contributed by atoms with Crippen LogP contribution in [0.1, 0.15) is 97.8 Å². The van der Waals surface area contributed by atoms with Gasteiger partial charge in [-0.05, 0) is 97.7 Å². The molecule has 4 aliphatic rings. The molecule has 0 spiro atoms. The summed E-state index contributed by atoms with van der Waals surface area (Å²) < 4.78 is 0. The number of fused-ring (bicyclic) bond motifs is 5. The van der Waals surface area contributed by atoms with Crippen LogP contribution in [-0.4, -0.2) is 0 Å². The lowest BCUT2D eigenvalue weighted by Gasteiger charge is -2.62. The van der Waals surface area contributed by atoms with Crippen LogP contribution in [-0.2, 0) is 0 Å². The van der Waals surface area contributed by atoms with Gasteiger partial charge in [-0.2, -0.15) is 5.26 Å². The Morgan fingerprint density at radius 3 is 2.48 bits per heavy atom. The van der Waals surface area contributed by atoms with Gasteiger partial charge >= 0.3 is 0 Å². The van der Waals surface area contributed by atoms with E-state index in [0.717, 1.165) is 48.3 Å². The molecule has 0 aliphatic heterocycles. The minimum absolute atomic E-state index is 0.550. The first kappa shape index (κ1) is 17.9. The molecule has 140 valence electrons. The maximum Gasteiger partial charge on any atom is 0.0621 e. The number of nitriles is 1. The molecule has 1 nitrogen and oxygen atoms in total. The molecule has 0 aromatic carbocycles. The van der Waals surface area contributed by atoms with Crippen molar-refractivity contribution in [2.24, 2.45) is 46.3 Å². The predicted molar refractivity (Wildman–Crippen MR) is 104 cm³/mol. The van der Waals surface area contributed by atoms with Crippen molar-refractivity contribution in [3.63, 3.8) is 0 Å². The van der Waals surface area contributed by atoms with Crippen molar-refractivity contribution in [3.8, 4) is 6.07 Å². The first-order chi connectivity index (χ1) is 12.0. The molecule has 0 aromatic heterocycles. The van der Waals surface area contributed by atoms with E-state index in [9.17, 15) is 0 Å². The summed E-state index contributed by atoms with van der Waals surface area (Å²) in [7, 11) is 0. The van der Waals surface area contributed by atoms with Gasteiger partial charge in [0.05, 0.1) is 6.07 Å². The summed E-state index contributed by atoms with van der Waals surface area (Å²) in [4.78, 5) is 0.